The molecule has 1 aromatic heterocycles. The zero-order valence-electron chi connectivity index (χ0n) is 17.9. The summed E-state index contributed by atoms with van der Waals surface area (Å²) in [6.45, 7) is 7.26. The molecule has 2 aromatic rings. The molecule has 0 unspecified atom stereocenters. The molecule has 1 fully saturated rings. The number of likely N-dealkylation sites (tertiary alicyclic amines) is 1. The number of aliphatic imine (C=N–C) groups is 1. The molecule has 1 aromatic carbocycles. The van der Waals surface area contributed by atoms with E-state index in [4.69, 9.17) is 9.15 Å². The van der Waals surface area contributed by atoms with Gasteiger partial charge in [-0.2, -0.15) is 0 Å². The summed E-state index contributed by atoms with van der Waals surface area (Å²) in [6.07, 6.45) is 4.23. The second-order valence-corrected chi connectivity index (χ2v) is 7.56. The highest BCUT2D eigenvalue weighted by molar-refractivity contribution is 5.80. The van der Waals surface area contributed by atoms with Crippen LogP contribution in [0, 0.1) is 0 Å². The van der Waals surface area contributed by atoms with Crippen molar-refractivity contribution in [3.8, 4) is 0 Å². The van der Waals surface area contributed by atoms with Crippen LogP contribution in [0.3, 0.4) is 0 Å². The molecule has 1 N–H and O–H groups in total. The molecule has 1 saturated heterocycles. The van der Waals surface area contributed by atoms with E-state index in [0.717, 1.165) is 63.9 Å². The molecular weight excluding hydrogens is 364 g/mol. The van der Waals surface area contributed by atoms with Gasteiger partial charge in [0, 0.05) is 39.8 Å². The molecule has 29 heavy (non-hydrogen) atoms. The molecule has 2 heterocycles. The molecule has 0 atom stereocenters. The molecular formula is C23H34N4O2. The van der Waals surface area contributed by atoms with E-state index in [9.17, 15) is 0 Å². The van der Waals surface area contributed by atoms with Crippen LogP contribution < -0.4 is 5.32 Å². The fourth-order valence-corrected chi connectivity index (χ4v) is 3.88. The number of nitrogens with one attached hydrogen (secondary N) is 1. The second kappa shape index (κ2) is 11.0. The van der Waals surface area contributed by atoms with Crippen LogP contribution in [-0.4, -0.2) is 55.7 Å². The Bertz CT molecular complexity index is 752. The Kier molecular flexibility index (Phi) is 8.14. The third kappa shape index (κ3) is 6.34. The van der Waals surface area contributed by atoms with E-state index in [1.807, 2.05) is 19.2 Å². The fourth-order valence-electron chi connectivity index (χ4n) is 3.88. The van der Waals surface area contributed by atoms with Gasteiger partial charge in [-0.05, 0) is 50.1 Å². The number of benzene rings is 1. The minimum Gasteiger partial charge on any atom is -0.468 e. The van der Waals surface area contributed by atoms with Gasteiger partial charge in [0.2, 0.25) is 0 Å². The Balaban J connectivity index is 1.54. The number of hydrogen-bond acceptors (Lipinski definition) is 4. The van der Waals surface area contributed by atoms with E-state index in [-0.39, 0.29) is 0 Å². The summed E-state index contributed by atoms with van der Waals surface area (Å²) in [5, 5.41) is 3.56. The van der Waals surface area contributed by atoms with Gasteiger partial charge in [0.1, 0.15) is 5.76 Å². The van der Waals surface area contributed by atoms with Crippen LogP contribution in [0.4, 0.5) is 0 Å². The van der Waals surface area contributed by atoms with E-state index >= 15 is 0 Å². The predicted octanol–water partition coefficient (Wildman–Crippen LogP) is 3.49. The maximum absolute atomic E-state index is 5.77. The number of ether oxygens (including phenoxy) is 1. The van der Waals surface area contributed by atoms with Crippen molar-refractivity contribution in [3.05, 3.63) is 59.5 Å². The summed E-state index contributed by atoms with van der Waals surface area (Å²) in [5.41, 5.74) is 2.61. The number of nitrogens with zero attached hydrogens (tertiary/aromatic N) is 3. The molecule has 0 bridgehead atoms. The molecule has 0 aliphatic carbocycles. The summed E-state index contributed by atoms with van der Waals surface area (Å²) in [5.74, 6) is 1.96. The number of rotatable bonds is 8. The van der Waals surface area contributed by atoms with E-state index in [1.54, 1.807) is 6.26 Å². The summed E-state index contributed by atoms with van der Waals surface area (Å²) >= 11 is 0. The maximum Gasteiger partial charge on any atom is 0.193 e. The highest BCUT2D eigenvalue weighted by Gasteiger charge is 2.21. The number of guanidine groups is 1. The minimum atomic E-state index is 0.389. The molecule has 0 amide bonds. The molecule has 1 aliphatic rings. The summed E-state index contributed by atoms with van der Waals surface area (Å²) in [4.78, 5) is 9.11. The van der Waals surface area contributed by atoms with Gasteiger partial charge in [-0.15, -0.1) is 0 Å². The Morgan fingerprint density at radius 3 is 2.59 bits per heavy atom. The van der Waals surface area contributed by atoms with Crippen LogP contribution >= 0.6 is 0 Å². The van der Waals surface area contributed by atoms with E-state index < -0.39 is 0 Å². The van der Waals surface area contributed by atoms with Crippen molar-refractivity contribution in [2.24, 2.45) is 4.99 Å². The summed E-state index contributed by atoms with van der Waals surface area (Å²) in [6, 6.07) is 12.5. The molecule has 3 rings (SSSR count). The standard InChI is InChI=1S/C23H34N4O2/c1-4-28-21-11-13-27(14-12-21)23(24-2)25-16-19-8-5-6-9-20(19)17-26(3)18-22-10-7-15-29-22/h5-10,15,21H,4,11-14,16-18H2,1-3H3,(H,24,25). The van der Waals surface area contributed by atoms with Gasteiger partial charge in [0.15, 0.2) is 5.96 Å². The molecule has 6 nitrogen and oxygen atoms in total. The van der Waals surface area contributed by atoms with Crippen molar-refractivity contribution in [2.45, 2.75) is 45.5 Å². The molecule has 1 aliphatic heterocycles. The highest BCUT2D eigenvalue weighted by atomic mass is 16.5. The summed E-state index contributed by atoms with van der Waals surface area (Å²) in [7, 11) is 3.98. The van der Waals surface area contributed by atoms with E-state index in [2.05, 4.69) is 58.3 Å². The van der Waals surface area contributed by atoms with E-state index in [0.29, 0.717) is 6.10 Å². The first-order chi connectivity index (χ1) is 14.2. The van der Waals surface area contributed by atoms with Crippen molar-refractivity contribution < 1.29 is 9.15 Å². The summed E-state index contributed by atoms with van der Waals surface area (Å²) < 4.78 is 11.2. The average Bonchev–Trinajstić information content (AvgIpc) is 3.24. The maximum atomic E-state index is 5.77. The fraction of sp³-hybridized carbons (Fsp3) is 0.522. The van der Waals surface area contributed by atoms with Gasteiger partial charge in [0.05, 0.1) is 18.9 Å². The van der Waals surface area contributed by atoms with Gasteiger partial charge >= 0.3 is 0 Å². The van der Waals surface area contributed by atoms with Crippen LogP contribution in [0.25, 0.3) is 0 Å². The number of hydrogen-bond donors (Lipinski definition) is 1. The first kappa shape index (κ1) is 21.4. The zero-order chi connectivity index (χ0) is 20.5. The first-order valence-corrected chi connectivity index (χ1v) is 10.5. The second-order valence-electron chi connectivity index (χ2n) is 7.56. The van der Waals surface area contributed by atoms with Crippen LogP contribution in [0.5, 0.6) is 0 Å². The van der Waals surface area contributed by atoms with Gasteiger partial charge in [-0.25, -0.2) is 0 Å². The zero-order valence-corrected chi connectivity index (χ0v) is 17.9. The van der Waals surface area contributed by atoms with Crippen LogP contribution in [-0.2, 0) is 24.4 Å². The van der Waals surface area contributed by atoms with Gasteiger partial charge in [0.25, 0.3) is 0 Å². The monoisotopic (exact) mass is 398 g/mol. The third-order valence-corrected chi connectivity index (χ3v) is 5.36. The molecule has 6 heteroatoms. The Morgan fingerprint density at radius 1 is 1.17 bits per heavy atom. The lowest BCUT2D eigenvalue weighted by Gasteiger charge is -2.34. The molecule has 0 saturated carbocycles. The van der Waals surface area contributed by atoms with E-state index in [1.165, 1.54) is 11.1 Å². The van der Waals surface area contributed by atoms with Crippen molar-refractivity contribution in [2.75, 3.05) is 33.8 Å². The first-order valence-electron chi connectivity index (χ1n) is 10.5. The number of piperidine rings is 1. The van der Waals surface area contributed by atoms with Crippen molar-refractivity contribution in [1.29, 1.82) is 0 Å². The van der Waals surface area contributed by atoms with Gasteiger partial charge in [-0.3, -0.25) is 9.89 Å². The Hall–Kier alpha value is -2.31. The van der Waals surface area contributed by atoms with Crippen LogP contribution in [0.2, 0.25) is 0 Å². The van der Waals surface area contributed by atoms with Crippen molar-refractivity contribution in [1.82, 2.24) is 15.1 Å². The predicted molar refractivity (Wildman–Crippen MR) is 117 cm³/mol. The Labute approximate surface area is 174 Å². The van der Waals surface area contributed by atoms with Gasteiger partial charge in [-0.1, -0.05) is 24.3 Å². The quantitative estimate of drug-likeness (QED) is 0.545. The highest BCUT2D eigenvalue weighted by Crippen LogP contribution is 2.16. The third-order valence-electron chi connectivity index (χ3n) is 5.36. The average molecular weight is 399 g/mol. The van der Waals surface area contributed by atoms with Gasteiger partial charge < -0.3 is 19.4 Å². The molecule has 158 valence electrons. The normalized spacial score (nSPS) is 15.9. The topological polar surface area (TPSA) is 53.2 Å². The number of furan rings is 1. The lowest BCUT2D eigenvalue weighted by molar-refractivity contribution is 0.0263. The molecule has 0 radical (unpaired) electrons. The van der Waals surface area contributed by atoms with Crippen molar-refractivity contribution in [3.63, 3.8) is 0 Å². The lowest BCUT2D eigenvalue weighted by Crippen LogP contribution is -2.46. The van der Waals surface area contributed by atoms with Crippen LogP contribution in [0.1, 0.15) is 36.7 Å². The molecule has 0 spiro atoms. The van der Waals surface area contributed by atoms with Crippen molar-refractivity contribution >= 4 is 5.96 Å². The Morgan fingerprint density at radius 2 is 1.93 bits per heavy atom. The minimum absolute atomic E-state index is 0.389. The smallest absolute Gasteiger partial charge is 0.193 e. The largest absolute Gasteiger partial charge is 0.468 e. The SMILES string of the molecule is CCOC1CCN(C(=NC)NCc2ccccc2CN(C)Cc2ccco2)CC1. The van der Waals surface area contributed by atoms with Crippen LogP contribution in [0.15, 0.2) is 52.1 Å². The lowest BCUT2D eigenvalue weighted by atomic mass is 10.1.